The van der Waals surface area contributed by atoms with E-state index in [-0.39, 0.29) is 5.30 Å². The minimum atomic E-state index is -0.305. The highest BCUT2D eigenvalue weighted by Gasteiger charge is 2.01. The van der Waals surface area contributed by atoms with Crippen molar-refractivity contribution in [2.45, 2.75) is 26.2 Å². The van der Waals surface area contributed by atoms with E-state index < -0.39 is 0 Å². The maximum absolute atomic E-state index is 10.6. The second-order valence-electron chi connectivity index (χ2n) is 1.95. The summed E-state index contributed by atoms with van der Waals surface area (Å²) in [7, 11) is 7.01. The molecule has 11 heavy (non-hydrogen) atoms. The number of hydrogen-bond acceptors (Lipinski definition) is 4. The number of hydrogen-bond donors (Lipinski definition) is 0. The van der Waals surface area contributed by atoms with Crippen LogP contribution in [0.5, 0.6) is 0 Å². The molecule has 0 atom stereocenters. The van der Waals surface area contributed by atoms with Crippen molar-refractivity contribution in [1.82, 2.24) is 0 Å². The Bertz CT molecular complexity index is 111. The average molecular weight is 215 g/mol. The van der Waals surface area contributed by atoms with Gasteiger partial charge in [0, 0.05) is 20.8 Å². The summed E-state index contributed by atoms with van der Waals surface area (Å²) >= 11 is 0. The molecule has 66 valence electrons. The molecule has 0 aromatic heterocycles. The van der Waals surface area contributed by atoms with Crippen LogP contribution in [0.15, 0.2) is 0 Å². The van der Waals surface area contributed by atoms with Crippen molar-refractivity contribution in [3.8, 4) is 0 Å². The molecule has 0 aliphatic heterocycles. The molecule has 0 fully saturated rings. The van der Waals surface area contributed by atoms with Gasteiger partial charge in [-0.1, -0.05) is 19.8 Å². The summed E-state index contributed by atoms with van der Waals surface area (Å²) in [6.07, 6.45) is 3.18. The lowest BCUT2D eigenvalue weighted by Crippen LogP contribution is -1.97. The van der Waals surface area contributed by atoms with Gasteiger partial charge in [0.1, 0.15) is 0 Å². The molecule has 0 aliphatic rings. The third-order valence-corrected chi connectivity index (χ3v) is 2.55. The van der Waals surface area contributed by atoms with Gasteiger partial charge in [0.15, 0.2) is 0 Å². The van der Waals surface area contributed by atoms with Crippen LogP contribution in [0.1, 0.15) is 26.2 Å². The Hall–Kier alpha value is 0.460. The van der Waals surface area contributed by atoms with Crippen molar-refractivity contribution in [3.05, 3.63) is 0 Å². The molecule has 0 spiro atoms. The third-order valence-electron chi connectivity index (χ3n) is 1.07. The van der Waals surface area contributed by atoms with Gasteiger partial charge in [-0.25, -0.2) is 4.79 Å². The van der Waals surface area contributed by atoms with Crippen molar-refractivity contribution < 1.29 is 9.53 Å². The van der Waals surface area contributed by atoms with Gasteiger partial charge in [0.2, 0.25) is 0 Å². The van der Waals surface area contributed by atoms with Crippen molar-refractivity contribution in [2.75, 3.05) is 6.61 Å². The molecular weight excluding hydrogens is 204 g/mol. The summed E-state index contributed by atoms with van der Waals surface area (Å²) in [5.74, 6) is 0. The van der Waals surface area contributed by atoms with E-state index in [1.165, 1.54) is 0 Å². The van der Waals surface area contributed by atoms with Crippen LogP contribution in [0, 0.1) is 0 Å². The minimum absolute atomic E-state index is 0.305. The first-order chi connectivity index (χ1) is 5.31. The summed E-state index contributed by atoms with van der Waals surface area (Å²) in [6, 6.07) is 0. The zero-order valence-electron chi connectivity index (χ0n) is 6.34. The van der Waals surface area contributed by atoms with E-state index in [1.807, 2.05) is 0 Å². The van der Waals surface area contributed by atoms with Crippen molar-refractivity contribution in [2.24, 2.45) is 0 Å². The lowest BCUT2D eigenvalue weighted by atomic mass is 10.3. The minimum Gasteiger partial charge on any atom is -0.457 e. The van der Waals surface area contributed by atoms with Gasteiger partial charge in [0.05, 0.1) is 6.61 Å². The number of ether oxygens (including phenoxy) is 1. The summed E-state index contributed by atoms with van der Waals surface area (Å²) in [4.78, 5) is 10.6. The van der Waals surface area contributed by atoms with Crippen molar-refractivity contribution in [3.63, 3.8) is 0 Å². The zero-order valence-corrected chi connectivity index (χ0v) is 8.73. The Kier molecular flexibility index (Phi) is 8.91. The first-order valence-electron chi connectivity index (χ1n) is 3.43. The zero-order chi connectivity index (χ0) is 8.53. The van der Waals surface area contributed by atoms with Crippen LogP contribution in [-0.4, -0.2) is 11.9 Å². The van der Waals surface area contributed by atoms with Crippen LogP contribution in [0.3, 0.4) is 0 Å². The van der Waals surface area contributed by atoms with Crippen molar-refractivity contribution in [1.29, 1.82) is 0 Å². The van der Waals surface area contributed by atoms with Crippen LogP contribution in [0.2, 0.25) is 0 Å². The predicted octanol–water partition coefficient (Wildman–Crippen LogP) is 3.85. The fraction of sp³-hybridized carbons (Fsp3) is 0.833. The fourth-order valence-corrected chi connectivity index (χ4v) is 1.50. The van der Waals surface area contributed by atoms with E-state index in [2.05, 4.69) is 6.92 Å². The molecule has 2 nitrogen and oxygen atoms in total. The largest absolute Gasteiger partial charge is 0.457 e. The van der Waals surface area contributed by atoms with Crippen LogP contribution >= 0.6 is 31.5 Å². The maximum atomic E-state index is 10.6. The molecular formula is C6H11ClO2S2. The molecule has 0 bridgehead atoms. The van der Waals surface area contributed by atoms with Gasteiger partial charge in [-0.15, -0.1) is 0 Å². The standard InChI is InChI=1S/C6H11ClO2S2/c1-2-3-4-5-9-6(8)10-11-7/h2-5H2,1H3. The van der Waals surface area contributed by atoms with Crippen LogP contribution in [0.25, 0.3) is 0 Å². The van der Waals surface area contributed by atoms with Gasteiger partial charge in [-0.05, 0) is 17.1 Å². The molecule has 0 aliphatic carbocycles. The van der Waals surface area contributed by atoms with E-state index in [1.54, 1.807) is 0 Å². The highest BCUT2D eigenvalue weighted by molar-refractivity contribution is 8.89. The van der Waals surface area contributed by atoms with Gasteiger partial charge >= 0.3 is 5.30 Å². The molecule has 0 saturated carbocycles. The fourth-order valence-electron chi connectivity index (χ4n) is 0.557. The lowest BCUT2D eigenvalue weighted by Gasteiger charge is -2.00. The summed E-state index contributed by atoms with van der Waals surface area (Å²) in [5.41, 5.74) is 0. The lowest BCUT2D eigenvalue weighted by molar-refractivity contribution is 0.173. The quantitative estimate of drug-likeness (QED) is 0.395. The Balaban J connectivity index is 3.04. The number of unbranched alkanes of at least 4 members (excludes halogenated alkanes) is 2. The smallest absolute Gasteiger partial charge is 0.379 e. The average Bonchev–Trinajstić information content (AvgIpc) is 1.99. The Morgan fingerprint density at radius 2 is 2.27 bits per heavy atom. The van der Waals surface area contributed by atoms with Crippen LogP contribution in [-0.2, 0) is 4.74 Å². The highest BCUT2D eigenvalue weighted by atomic mass is 35.7. The van der Waals surface area contributed by atoms with E-state index in [0.717, 1.165) is 40.1 Å². The van der Waals surface area contributed by atoms with Gasteiger partial charge in [0.25, 0.3) is 0 Å². The molecule has 0 heterocycles. The Labute approximate surface area is 79.3 Å². The molecule has 0 aromatic rings. The number of rotatable bonds is 5. The number of carbonyl (C=O) groups excluding carboxylic acids is 1. The SMILES string of the molecule is CCCCCOC(=O)SSCl. The van der Waals surface area contributed by atoms with Crippen molar-refractivity contribution >= 4 is 36.8 Å². The predicted molar refractivity (Wildman–Crippen MR) is 51.9 cm³/mol. The summed E-state index contributed by atoms with van der Waals surface area (Å²) in [5, 5.41) is -0.305. The van der Waals surface area contributed by atoms with Gasteiger partial charge in [-0.3, -0.25) is 0 Å². The van der Waals surface area contributed by atoms with E-state index >= 15 is 0 Å². The monoisotopic (exact) mass is 214 g/mol. The topological polar surface area (TPSA) is 26.3 Å². The van der Waals surface area contributed by atoms with E-state index in [9.17, 15) is 4.79 Å². The normalized spacial score (nSPS) is 9.64. The second-order valence-corrected chi connectivity index (χ2v) is 4.59. The first kappa shape index (κ1) is 11.5. The van der Waals surface area contributed by atoms with Gasteiger partial charge < -0.3 is 4.74 Å². The molecule has 0 rings (SSSR count). The Morgan fingerprint density at radius 3 is 2.82 bits per heavy atom. The third kappa shape index (κ3) is 8.37. The molecule has 0 unspecified atom stereocenters. The molecule has 5 heteroatoms. The molecule has 0 N–H and O–H groups in total. The highest BCUT2D eigenvalue weighted by Crippen LogP contribution is 2.27. The number of halogens is 1. The molecule has 0 radical (unpaired) electrons. The van der Waals surface area contributed by atoms with E-state index in [4.69, 9.17) is 15.4 Å². The number of carbonyl (C=O) groups is 1. The van der Waals surface area contributed by atoms with Crippen LogP contribution in [0.4, 0.5) is 4.79 Å². The molecule has 0 saturated heterocycles. The first-order valence-corrected chi connectivity index (χ1v) is 6.41. The summed E-state index contributed by atoms with van der Waals surface area (Å²) in [6.45, 7) is 2.61. The van der Waals surface area contributed by atoms with Gasteiger partial charge in [-0.2, -0.15) is 0 Å². The maximum Gasteiger partial charge on any atom is 0.379 e. The molecule has 0 amide bonds. The van der Waals surface area contributed by atoms with E-state index in [0.29, 0.717) is 6.61 Å². The molecule has 0 aromatic carbocycles. The Morgan fingerprint density at radius 1 is 1.55 bits per heavy atom. The van der Waals surface area contributed by atoms with Crippen LogP contribution < -0.4 is 0 Å². The summed E-state index contributed by atoms with van der Waals surface area (Å²) < 4.78 is 4.80. The second kappa shape index (κ2) is 8.56.